The summed E-state index contributed by atoms with van der Waals surface area (Å²) in [6, 6.07) is 6.34. The van der Waals surface area contributed by atoms with E-state index >= 15 is 0 Å². The number of nitrogens with zero attached hydrogens (tertiary/aromatic N) is 1. The number of rotatable bonds is 0. The largest absolute Gasteiger partial charge is 0.309 e. The van der Waals surface area contributed by atoms with Crippen molar-refractivity contribution in [3.8, 4) is 0 Å². The molecule has 0 aliphatic carbocycles. The molecule has 2 nitrogen and oxygen atoms in total. The van der Waals surface area contributed by atoms with E-state index in [9.17, 15) is 9.18 Å². The summed E-state index contributed by atoms with van der Waals surface area (Å²) in [5, 5.41) is 0.784. The third kappa shape index (κ3) is 1.13. The van der Waals surface area contributed by atoms with Crippen LogP contribution in [0.3, 0.4) is 0 Å². The Bertz CT molecular complexity index is 557. The molecule has 2 aromatic rings. The highest BCUT2D eigenvalue weighted by Crippen LogP contribution is 2.18. The molecule has 0 bridgehead atoms. The average Bonchev–Trinajstić information content (AvgIpc) is 2.14. The lowest BCUT2D eigenvalue weighted by atomic mass is 10.1. The van der Waals surface area contributed by atoms with Gasteiger partial charge in [0.2, 0.25) is 0 Å². The van der Waals surface area contributed by atoms with E-state index in [0.717, 1.165) is 10.9 Å². The summed E-state index contributed by atoms with van der Waals surface area (Å²) < 4.78 is 14.8. The van der Waals surface area contributed by atoms with Crippen LogP contribution in [0.2, 0.25) is 0 Å². The minimum Gasteiger partial charge on any atom is -0.309 e. The van der Waals surface area contributed by atoms with Crippen LogP contribution in [0.4, 0.5) is 4.39 Å². The number of para-hydroxylation sites is 1. The third-order valence-electron chi connectivity index (χ3n) is 2.42. The molecule has 0 amide bonds. The normalized spacial score (nSPS) is 10.8. The van der Waals surface area contributed by atoms with Crippen molar-refractivity contribution in [2.75, 3.05) is 0 Å². The molecule has 0 fully saturated rings. The standard InChI is InChI=1S/C11H10FNO/c1-7-6-10(14)13(2)11-8(7)4-3-5-9(11)12/h3-6H,1-2H3. The second-order valence-corrected chi connectivity index (χ2v) is 3.36. The van der Waals surface area contributed by atoms with Gasteiger partial charge < -0.3 is 4.57 Å². The number of fused-ring (bicyclic) bond motifs is 1. The number of hydrogen-bond acceptors (Lipinski definition) is 1. The molecule has 0 unspecified atom stereocenters. The van der Waals surface area contributed by atoms with E-state index in [1.165, 1.54) is 16.7 Å². The van der Waals surface area contributed by atoms with Gasteiger partial charge in [0.1, 0.15) is 5.82 Å². The quantitative estimate of drug-likeness (QED) is 0.624. The zero-order chi connectivity index (χ0) is 10.3. The van der Waals surface area contributed by atoms with Gasteiger partial charge in [0.05, 0.1) is 5.52 Å². The fourth-order valence-corrected chi connectivity index (χ4v) is 1.64. The molecule has 14 heavy (non-hydrogen) atoms. The molecular formula is C11H10FNO. The molecule has 0 aliphatic rings. The summed E-state index contributed by atoms with van der Waals surface area (Å²) in [5.41, 5.74) is 1.00. The van der Waals surface area contributed by atoms with Gasteiger partial charge in [-0.1, -0.05) is 12.1 Å². The predicted molar refractivity (Wildman–Crippen MR) is 53.9 cm³/mol. The SMILES string of the molecule is Cc1cc(=O)n(C)c2c(F)cccc12. The van der Waals surface area contributed by atoms with Crippen molar-refractivity contribution >= 4 is 10.9 Å². The fourth-order valence-electron chi connectivity index (χ4n) is 1.64. The molecule has 1 aromatic heterocycles. The smallest absolute Gasteiger partial charge is 0.251 e. The van der Waals surface area contributed by atoms with Crippen LogP contribution in [0.15, 0.2) is 29.1 Å². The van der Waals surface area contributed by atoms with Crippen molar-refractivity contribution in [3.05, 3.63) is 46.0 Å². The minimum absolute atomic E-state index is 0.180. The second-order valence-electron chi connectivity index (χ2n) is 3.36. The van der Waals surface area contributed by atoms with E-state index < -0.39 is 0 Å². The van der Waals surface area contributed by atoms with Crippen LogP contribution in [-0.2, 0) is 7.05 Å². The monoisotopic (exact) mass is 191 g/mol. The number of benzene rings is 1. The Morgan fingerprint density at radius 2 is 2.07 bits per heavy atom. The van der Waals surface area contributed by atoms with Crippen molar-refractivity contribution < 1.29 is 4.39 Å². The first-order valence-corrected chi connectivity index (χ1v) is 4.36. The summed E-state index contributed by atoms with van der Waals surface area (Å²) >= 11 is 0. The number of aromatic nitrogens is 1. The van der Waals surface area contributed by atoms with Crippen LogP contribution >= 0.6 is 0 Å². The summed E-state index contributed by atoms with van der Waals surface area (Å²) in [4.78, 5) is 11.4. The van der Waals surface area contributed by atoms with Gasteiger partial charge in [-0.2, -0.15) is 0 Å². The Morgan fingerprint density at radius 3 is 2.79 bits per heavy atom. The van der Waals surface area contributed by atoms with Gasteiger partial charge in [-0.25, -0.2) is 4.39 Å². The molecule has 1 heterocycles. The molecule has 0 radical (unpaired) electrons. The highest BCUT2D eigenvalue weighted by molar-refractivity contribution is 5.82. The van der Waals surface area contributed by atoms with Crippen molar-refractivity contribution in [2.45, 2.75) is 6.92 Å². The lowest BCUT2D eigenvalue weighted by Crippen LogP contribution is -2.17. The molecular weight excluding hydrogens is 181 g/mol. The maximum absolute atomic E-state index is 13.4. The van der Waals surface area contributed by atoms with Crippen molar-refractivity contribution in [1.29, 1.82) is 0 Å². The zero-order valence-corrected chi connectivity index (χ0v) is 8.04. The number of pyridine rings is 1. The van der Waals surface area contributed by atoms with Crippen LogP contribution in [0.1, 0.15) is 5.56 Å². The number of aryl methyl sites for hydroxylation is 2. The van der Waals surface area contributed by atoms with Gasteiger partial charge >= 0.3 is 0 Å². The van der Waals surface area contributed by atoms with E-state index in [1.54, 1.807) is 13.1 Å². The zero-order valence-electron chi connectivity index (χ0n) is 8.04. The molecule has 3 heteroatoms. The Labute approximate surface area is 80.6 Å². The third-order valence-corrected chi connectivity index (χ3v) is 2.42. The van der Waals surface area contributed by atoms with E-state index in [1.807, 2.05) is 13.0 Å². The number of halogens is 1. The van der Waals surface area contributed by atoms with Crippen molar-refractivity contribution in [1.82, 2.24) is 4.57 Å². The van der Waals surface area contributed by atoms with Gasteiger partial charge in [-0.15, -0.1) is 0 Å². The van der Waals surface area contributed by atoms with E-state index in [0.29, 0.717) is 5.52 Å². The molecule has 72 valence electrons. The van der Waals surface area contributed by atoms with Gasteiger partial charge in [0, 0.05) is 18.5 Å². The second kappa shape index (κ2) is 2.94. The Kier molecular flexibility index (Phi) is 1.88. The molecule has 2 rings (SSSR count). The van der Waals surface area contributed by atoms with Crippen LogP contribution in [0, 0.1) is 12.7 Å². The highest BCUT2D eigenvalue weighted by Gasteiger charge is 2.06. The Balaban J connectivity index is 3.11. The van der Waals surface area contributed by atoms with Gasteiger partial charge in [-0.05, 0) is 18.6 Å². The fraction of sp³-hybridized carbons (Fsp3) is 0.182. The van der Waals surface area contributed by atoms with E-state index in [2.05, 4.69) is 0 Å². The van der Waals surface area contributed by atoms with Crippen molar-refractivity contribution in [2.24, 2.45) is 7.05 Å². The van der Waals surface area contributed by atoms with Crippen LogP contribution < -0.4 is 5.56 Å². The first kappa shape index (κ1) is 8.94. The molecule has 0 N–H and O–H groups in total. The Morgan fingerprint density at radius 1 is 1.36 bits per heavy atom. The first-order chi connectivity index (χ1) is 6.61. The lowest BCUT2D eigenvalue weighted by Gasteiger charge is -2.07. The lowest BCUT2D eigenvalue weighted by molar-refractivity contribution is 0.629. The van der Waals surface area contributed by atoms with Crippen molar-refractivity contribution in [3.63, 3.8) is 0 Å². The summed E-state index contributed by atoms with van der Waals surface area (Å²) in [7, 11) is 1.58. The van der Waals surface area contributed by atoms with E-state index in [-0.39, 0.29) is 11.4 Å². The topological polar surface area (TPSA) is 22.0 Å². The minimum atomic E-state index is -0.356. The highest BCUT2D eigenvalue weighted by atomic mass is 19.1. The molecule has 0 spiro atoms. The molecule has 0 atom stereocenters. The van der Waals surface area contributed by atoms with Crippen LogP contribution in [-0.4, -0.2) is 4.57 Å². The van der Waals surface area contributed by atoms with Crippen LogP contribution in [0.25, 0.3) is 10.9 Å². The Hall–Kier alpha value is -1.64. The van der Waals surface area contributed by atoms with Crippen LogP contribution in [0.5, 0.6) is 0 Å². The molecule has 0 saturated heterocycles. The summed E-state index contributed by atoms with van der Waals surface area (Å²) in [6.45, 7) is 1.81. The number of hydrogen-bond donors (Lipinski definition) is 0. The summed E-state index contributed by atoms with van der Waals surface area (Å²) in [6.07, 6.45) is 0. The molecule has 0 saturated carbocycles. The van der Waals surface area contributed by atoms with Gasteiger partial charge in [0.25, 0.3) is 5.56 Å². The maximum Gasteiger partial charge on any atom is 0.251 e. The molecule has 0 aliphatic heterocycles. The average molecular weight is 191 g/mol. The van der Waals surface area contributed by atoms with Gasteiger partial charge in [0.15, 0.2) is 0 Å². The maximum atomic E-state index is 13.4. The first-order valence-electron chi connectivity index (χ1n) is 4.36. The molecule has 1 aromatic carbocycles. The predicted octanol–water partition coefficient (Wildman–Crippen LogP) is 1.99. The van der Waals surface area contributed by atoms with E-state index in [4.69, 9.17) is 0 Å². The van der Waals surface area contributed by atoms with Gasteiger partial charge in [-0.3, -0.25) is 4.79 Å². The summed E-state index contributed by atoms with van der Waals surface area (Å²) in [5.74, 6) is -0.356.